The summed E-state index contributed by atoms with van der Waals surface area (Å²) >= 11 is 0. The number of carbonyl (C=O) groups is 1. The van der Waals surface area contributed by atoms with Crippen LogP contribution in [0.2, 0.25) is 0 Å². The minimum Gasteiger partial charge on any atom is -0.465 e. The topological polar surface area (TPSA) is 53.1 Å². The van der Waals surface area contributed by atoms with Gasteiger partial charge in [0.25, 0.3) is 0 Å². The van der Waals surface area contributed by atoms with E-state index in [1.165, 1.54) is 7.11 Å². The first kappa shape index (κ1) is 9.53. The van der Waals surface area contributed by atoms with E-state index in [0.29, 0.717) is 12.1 Å². The van der Waals surface area contributed by atoms with E-state index in [9.17, 15) is 4.79 Å². The third kappa shape index (κ3) is 1.64. The quantitative estimate of drug-likeness (QED) is 0.534. The molecule has 0 amide bonds. The summed E-state index contributed by atoms with van der Waals surface area (Å²) in [5, 5.41) is 8.72. The predicted molar refractivity (Wildman–Crippen MR) is 54.5 cm³/mol. The molecule has 0 saturated carbocycles. The number of ether oxygens (including phenoxy) is 1. The molecule has 0 bridgehead atoms. The summed E-state index contributed by atoms with van der Waals surface area (Å²) < 4.78 is 4.68. The van der Waals surface area contributed by atoms with Crippen LogP contribution in [-0.2, 0) is 4.74 Å². The van der Waals surface area contributed by atoms with Crippen LogP contribution < -0.4 is 4.90 Å². The highest BCUT2D eigenvalue weighted by atomic mass is 16.5. The van der Waals surface area contributed by atoms with E-state index in [0.717, 1.165) is 5.69 Å². The third-order valence-corrected chi connectivity index (χ3v) is 2.38. The van der Waals surface area contributed by atoms with Gasteiger partial charge in [0.2, 0.25) is 0 Å². The molecular weight excluding hydrogens is 192 g/mol. The molecule has 1 aromatic rings. The molecule has 0 spiro atoms. The standard InChI is InChI=1S/C11H10N2O2/c1-15-11(14)9-4-2-3-5-10(9)13-7-8(13)6-12/h2-5,8H,7H2,1H3. The Bertz CT molecular complexity index is 436. The highest BCUT2D eigenvalue weighted by Gasteiger charge is 2.36. The van der Waals surface area contributed by atoms with E-state index in [4.69, 9.17) is 5.26 Å². The SMILES string of the molecule is COC(=O)c1ccccc1N1CC1C#N. The lowest BCUT2D eigenvalue weighted by Gasteiger charge is -2.08. The van der Waals surface area contributed by atoms with Gasteiger partial charge in [-0.05, 0) is 12.1 Å². The van der Waals surface area contributed by atoms with E-state index in [-0.39, 0.29) is 12.0 Å². The van der Waals surface area contributed by atoms with Gasteiger partial charge in [0.15, 0.2) is 0 Å². The second-order valence-electron chi connectivity index (χ2n) is 3.31. The predicted octanol–water partition coefficient (Wildman–Crippen LogP) is 1.19. The van der Waals surface area contributed by atoms with Crippen LogP contribution >= 0.6 is 0 Å². The lowest BCUT2D eigenvalue weighted by atomic mass is 10.2. The van der Waals surface area contributed by atoms with Crippen LogP contribution in [0.5, 0.6) is 0 Å². The van der Waals surface area contributed by atoms with Crippen LogP contribution in [0.3, 0.4) is 0 Å². The minimum absolute atomic E-state index is 0.101. The Labute approximate surface area is 87.7 Å². The molecule has 2 rings (SSSR count). The average molecular weight is 202 g/mol. The Morgan fingerprint density at radius 3 is 2.93 bits per heavy atom. The second kappa shape index (κ2) is 3.62. The summed E-state index contributed by atoms with van der Waals surface area (Å²) in [6.45, 7) is 0.685. The van der Waals surface area contributed by atoms with Gasteiger partial charge in [-0.1, -0.05) is 12.1 Å². The summed E-state index contributed by atoms with van der Waals surface area (Å²) in [6.07, 6.45) is 0. The molecule has 0 N–H and O–H groups in total. The molecule has 0 aliphatic carbocycles. The number of rotatable bonds is 2. The van der Waals surface area contributed by atoms with E-state index in [2.05, 4.69) is 10.8 Å². The maximum atomic E-state index is 11.4. The van der Waals surface area contributed by atoms with Crippen LogP contribution in [0, 0.1) is 11.3 Å². The molecule has 0 aromatic heterocycles. The summed E-state index contributed by atoms with van der Waals surface area (Å²) in [4.78, 5) is 13.3. The Morgan fingerprint density at radius 2 is 2.33 bits per heavy atom. The average Bonchev–Trinajstić information content (AvgIpc) is 3.07. The van der Waals surface area contributed by atoms with Crippen LogP contribution in [0.4, 0.5) is 5.69 Å². The van der Waals surface area contributed by atoms with Crippen LogP contribution in [-0.4, -0.2) is 25.7 Å². The van der Waals surface area contributed by atoms with E-state index in [1.54, 1.807) is 12.1 Å². The number of esters is 1. The lowest BCUT2D eigenvalue weighted by molar-refractivity contribution is 0.0601. The van der Waals surface area contributed by atoms with Crippen molar-refractivity contribution in [3.8, 4) is 6.07 Å². The highest BCUT2D eigenvalue weighted by Crippen LogP contribution is 2.30. The summed E-state index contributed by atoms with van der Waals surface area (Å²) in [7, 11) is 1.35. The van der Waals surface area contributed by atoms with Gasteiger partial charge in [-0.25, -0.2) is 4.79 Å². The number of carbonyl (C=O) groups excluding carboxylic acids is 1. The molecule has 76 valence electrons. The second-order valence-corrected chi connectivity index (χ2v) is 3.31. The molecular formula is C11H10N2O2. The first-order valence-corrected chi connectivity index (χ1v) is 4.61. The summed E-state index contributed by atoms with van der Waals surface area (Å²) in [5.74, 6) is -0.366. The van der Waals surface area contributed by atoms with Crippen molar-refractivity contribution in [2.45, 2.75) is 6.04 Å². The maximum Gasteiger partial charge on any atom is 0.339 e. The molecule has 4 nitrogen and oxygen atoms in total. The molecule has 1 fully saturated rings. The van der Waals surface area contributed by atoms with Crippen LogP contribution in [0.1, 0.15) is 10.4 Å². The first-order chi connectivity index (χ1) is 7.27. The van der Waals surface area contributed by atoms with Crippen molar-refractivity contribution in [3.63, 3.8) is 0 Å². The van der Waals surface area contributed by atoms with Crippen molar-refractivity contribution in [2.24, 2.45) is 0 Å². The molecule has 1 heterocycles. The lowest BCUT2D eigenvalue weighted by Crippen LogP contribution is -2.07. The van der Waals surface area contributed by atoms with Crippen molar-refractivity contribution >= 4 is 11.7 Å². The smallest absolute Gasteiger partial charge is 0.339 e. The number of anilines is 1. The van der Waals surface area contributed by atoms with Gasteiger partial charge < -0.3 is 9.64 Å². The first-order valence-electron chi connectivity index (χ1n) is 4.61. The van der Waals surface area contributed by atoms with E-state index >= 15 is 0 Å². The molecule has 1 aliphatic heterocycles. The fourth-order valence-electron chi connectivity index (χ4n) is 1.52. The minimum atomic E-state index is -0.366. The van der Waals surface area contributed by atoms with Gasteiger partial charge in [-0.15, -0.1) is 0 Å². The van der Waals surface area contributed by atoms with Gasteiger partial charge >= 0.3 is 5.97 Å². The Kier molecular flexibility index (Phi) is 2.30. The number of para-hydroxylation sites is 1. The van der Waals surface area contributed by atoms with Gasteiger partial charge in [0.05, 0.1) is 31.0 Å². The normalized spacial score (nSPS) is 18.1. The van der Waals surface area contributed by atoms with E-state index in [1.807, 2.05) is 17.0 Å². The van der Waals surface area contributed by atoms with Gasteiger partial charge in [-0.2, -0.15) is 5.26 Å². The van der Waals surface area contributed by atoms with Crippen LogP contribution in [0.25, 0.3) is 0 Å². The van der Waals surface area contributed by atoms with Crippen molar-refractivity contribution in [3.05, 3.63) is 29.8 Å². The Hall–Kier alpha value is -2.02. The number of hydrogen-bond acceptors (Lipinski definition) is 4. The fraction of sp³-hybridized carbons (Fsp3) is 0.273. The Balaban J connectivity index is 2.32. The third-order valence-electron chi connectivity index (χ3n) is 2.38. The molecule has 4 heteroatoms. The number of nitrogens with zero attached hydrogens (tertiary/aromatic N) is 2. The zero-order valence-electron chi connectivity index (χ0n) is 8.30. The van der Waals surface area contributed by atoms with Crippen molar-refractivity contribution in [1.82, 2.24) is 0 Å². The fourth-order valence-corrected chi connectivity index (χ4v) is 1.52. The maximum absolute atomic E-state index is 11.4. The zero-order valence-corrected chi connectivity index (χ0v) is 8.30. The van der Waals surface area contributed by atoms with Gasteiger partial charge in [-0.3, -0.25) is 0 Å². The monoisotopic (exact) mass is 202 g/mol. The Morgan fingerprint density at radius 1 is 1.60 bits per heavy atom. The van der Waals surface area contributed by atoms with Crippen molar-refractivity contribution < 1.29 is 9.53 Å². The van der Waals surface area contributed by atoms with Crippen LogP contribution in [0.15, 0.2) is 24.3 Å². The number of benzene rings is 1. The molecule has 15 heavy (non-hydrogen) atoms. The van der Waals surface area contributed by atoms with Crippen molar-refractivity contribution in [1.29, 1.82) is 5.26 Å². The zero-order chi connectivity index (χ0) is 10.8. The number of hydrogen-bond donors (Lipinski definition) is 0. The van der Waals surface area contributed by atoms with Crippen molar-refractivity contribution in [2.75, 3.05) is 18.6 Å². The molecule has 1 aliphatic rings. The number of methoxy groups -OCH3 is 1. The molecule has 1 aromatic carbocycles. The van der Waals surface area contributed by atoms with E-state index < -0.39 is 0 Å². The largest absolute Gasteiger partial charge is 0.465 e. The highest BCUT2D eigenvalue weighted by molar-refractivity contribution is 5.96. The molecule has 1 saturated heterocycles. The van der Waals surface area contributed by atoms with Gasteiger partial charge in [0.1, 0.15) is 6.04 Å². The summed E-state index contributed by atoms with van der Waals surface area (Å²) in [5.41, 5.74) is 1.29. The van der Waals surface area contributed by atoms with Gasteiger partial charge in [0, 0.05) is 0 Å². The molecule has 0 radical (unpaired) electrons. The molecule has 1 unspecified atom stereocenters. The number of nitriles is 1. The summed E-state index contributed by atoms with van der Waals surface area (Å²) in [6, 6.07) is 9.19. The molecule has 1 atom stereocenters.